The lowest BCUT2D eigenvalue weighted by molar-refractivity contribution is 0.147. The summed E-state index contributed by atoms with van der Waals surface area (Å²) in [6.45, 7) is 3.74. The Hall–Kier alpha value is -1.13. The molecule has 1 aromatic carbocycles. The van der Waals surface area contributed by atoms with Gasteiger partial charge in [-0.05, 0) is 25.5 Å². The molecule has 0 aliphatic rings. The minimum atomic E-state index is -2.51. The van der Waals surface area contributed by atoms with Gasteiger partial charge in [-0.3, -0.25) is 0 Å². The third kappa shape index (κ3) is 3.68. The first-order valence-corrected chi connectivity index (χ1v) is 7.68. The van der Waals surface area contributed by atoms with Crippen LogP contribution in [-0.4, -0.2) is 22.5 Å². The van der Waals surface area contributed by atoms with Gasteiger partial charge in [0.05, 0.1) is 20.7 Å². The predicted molar refractivity (Wildman–Crippen MR) is 75.8 cm³/mol. The van der Waals surface area contributed by atoms with Crippen LogP contribution in [0.5, 0.6) is 0 Å². The Bertz CT molecular complexity index is 500. The van der Waals surface area contributed by atoms with Gasteiger partial charge in [-0.15, -0.1) is 0 Å². The van der Waals surface area contributed by atoms with Crippen molar-refractivity contribution in [3.8, 4) is 0 Å². The van der Waals surface area contributed by atoms with Crippen molar-refractivity contribution in [1.82, 2.24) is 0 Å². The molecule has 0 saturated carbocycles. The van der Waals surface area contributed by atoms with Gasteiger partial charge in [-0.25, -0.2) is 8.57 Å². The molecular formula is C14H21NO2S. The maximum absolute atomic E-state index is 12.7. The van der Waals surface area contributed by atoms with E-state index in [9.17, 15) is 9.32 Å². The van der Waals surface area contributed by atoms with Crippen LogP contribution >= 0.6 is 0 Å². The predicted octanol–water partition coefficient (Wildman–Crippen LogP) is 3.06. The number of hydrogen-bond acceptors (Lipinski definition) is 3. The number of benzene rings is 1. The molecule has 0 spiro atoms. The molecule has 0 fully saturated rings. The Balaban J connectivity index is 3.06. The Labute approximate surface area is 110 Å². The Morgan fingerprint density at radius 1 is 1.39 bits per heavy atom. The van der Waals surface area contributed by atoms with Crippen molar-refractivity contribution in [2.45, 2.75) is 31.3 Å². The van der Waals surface area contributed by atoms with Gasteiger partial charge in [0, 0.05) is 18.4 Å². The zero-order valence-electron chi connectivity index (χ0n) is 11.1. The second-order valence-electron chi connectivity index (χ2n) is 4.21. The van der Waals surface area contributed by atoms with Gasteiger partial charge >= 0.3 is 0 Å². The van der Waals surface area contributed by atoms with E-state index in [1.165, 1.54) is 0 Å². The van der Waals surface area contributed by atoms with E-state index in [4.69, 9.17) is 0 Å². The second kappa shape index (κ2) is 6.71. The lowest BCUT2D eigenvalue weighted by atomic mass is 10.0. The molecule has 0 radical (unpaired) electrons. The molecule has 1 aromatic rings. The van der Waals surface area contributed by atoms with Crippen molar-refractivity contribution in [3.63, 3.8) is 0 Å². The molecule has 0 aliphatic heterocycles. The molecule has 0 bridgehead atoms. The van der Waals surface area contributed by atoms with Crippen molar-refractivity contribution in [2.75, 3.05) is 7.05 Å². The highest BCUT2D eigenvalue weighted by Crippen LogP contribution is 2.17. The lowest BCUT2D eigenvalue weighted by Crippen LogP contribution is -2.13. The van der Waals surface area contributed by atoms with Crippen molar-refractivity contribution in [1.29, 1.82) is 0 Å². The second-order valence-corrected chi connectivity index (χ2v) is 6.45. The van der Waals surface area contributed by atoms with Crippen molar-refractivity contribution in [2.24, 2.45) is 10.3 Å². The Kier molecular flexibility index (Phi) is 5.56. The minimum absolute atomic E-state index is 0.0105. The average molecular weight is 267 g/mol. The van der Waals surface area contributed by atoms with Crippen LogP contribution in [0.15, 0.2) is 51.1 Å². The highest BCUT2D eigenvalue weighted by molar-refractivity contribution is 7.96. The summed E-state index contributed by atoms with van der Waals surface area (Å²) in [5.74, 6) is 0.0105. The molecule has 0 aromatic heterocycles. The highest BCUT2D eigenvalue weighted by Gasteiger charge is 2.12. The summed E-state index contributed by atoms with van der Waals surface area (Å²) >= 11 is 0. The van der Waals surface area contributed by atoms with E-state index < -0.39 is 15.8 Å². The monoisotopic (exact) mass is 267 g/mol. The zero-order valence-corrected chi connectivity index (χ0v) is 11.9. The molecule has 0 amide bonds. The molecular weight excluding hydrogens is 246 g/mol. The largest absolute Gasteiger partial charge is 0.393 e. The number of aliphatic hydroxyl groups excluding tert-OH is 1. The van der Waals surface area contributed by atoms with Gasteiger partial charge in [0.1, 0.15) is 0 Å². The highest BCUT2D eigenvalue weighted by atomic mass is 32.2. The van der Waals surface area contributed by atoms with Crippen LogP contribution in [0.25, 0.3) is 0 Å². The molecule has 0 saturated heterocycles. The van der Waals surface area contributed by atoms with Crippen LogP contribution in [0.3, 0.4) is 0 Å². The molecule has 0 unspecified atom stereocenters. The van der Waals surface area contributed by atoms with E-state index >= 15 is 0 Å². The molecule has 18 heavy (non-hydrogen) atoms. The van der Waals surface area contributed by atoms with Crippen LogP contribution in [0, 0.1) is 5.92 Å². The smallest absolute Gasteiger partial charge is 0.0963 e. The standard InChI is InChI=1S/C14H21NO2S/c1-4-13(12(2)16)10-11-18(17,15-3)14-8-6-5-7-9-14/h5-13,16H,4H2,1-3H3/b11-10+/t12-,13+,18+/m0/s1. The lowest BCUT2D eigenvalue weighted by Gasteiger charge is -2.13. The molecule has 100 valence electrons. The van der Waals surface area contributed by atoms with Crippen LogP contribution in [0.4, 0.5) is 0 Å². The summed E-state index contributed by atoms with van der Waals surface area (Å²) in [4.78, 5) is 0.698. The van der Waals surface area contributed by atoms with E-state index in [1.54, 1.807) is 19.4 Å². The van der Waals surface area contributed by atoms with Crippen LogP contribution in [0.2, 0.25) is 0 Å². The molecule has 0 aliphatic carbocycles. The first-order valence-electron chi connectivity index (χ1n) is 6.10. The van der Waals surface area contributed by atoms with Crippen molar-refractivity contribution < 1.29 is 9.32 Å². The summed E-state index contributed by atoms with van der Waals surface area (Å²) in [7, 11) is -0.952. The fourth-order valence-electron chi connectivity index (χ4n) is 1.71. The summed E-state index contributed by atoms with van der Waals surface area (Å²) in [5.41, 5.74) is 0. The van der Waals surface area contributed by atoms with Crippen LogP contribution in [0.1, 0.15) is 20.3 Å². The van der Waals surface area contributed by atoms with Gasteiger partial charge in [-0.2, -0.15) is 0 Å². The zero-order chi connectivity index (χ0) is 13.6. The normalized spacial score (nSPS) is 18.2. The SMILES string of the molecule is CC[C@H](/C=C/[S@](=O)(=NC)c1ccccc1)[C@H](C)O. The van der Waals surface area contributed by atoms with Gasteiger partial charge in [0.2, 0.25) is 0 Å². The number of rotatable bonds is 5. The summed E-state index contributed by atoms with van der Waals surface area (Å²) < 4.78 is 16.7. The minimum Gasteiger partial charge on any atom is -0.393 e. The fourth-order valence-corrected chi connectivity index (χ4v) is 3.16. The average Bonchev–Trinajstić information content (AvgIpc) is 2.39. The van der Waals surface area contributed by atoms with E-state index in [-0.39, 0.29) is 5.92 Å². The number of aliphatic hydroxyl groups is 1. The number of nitrogens with zero attached hydrogens (tertiary/aromatic N) is 1. The molecule has 1 rings (SSSR count). The summed E-state index contributed by atoms with van der Waals surface area (Å²) in [5, 5.41) is 11.2. The maximum Gasteiger partial charge on any atom is 0.0963 e. The third-order valence-electron chi connectivity index (χ3n) is 2.95. The van der Waals surface area contributed by atoms with Crippen molar-refractivity contribution in [3.05, 3.63) is 41.8 Å². The summed E-state index contributed by atoms with van der Waals surface area (Å²) in [6, 6.07) is 9.19. The van der Waals surface area contributed by atoms with Gasteiger partial charge < -0.3 is 5.11 Å². The summed E-state index contributed by atoms with van der Waals surface area (Å²) in [6.07, 6.45) is 2.18. The van der Waals surface area contributed by atoms with E-state index in [2.05, 4.69) is 4.36 Å². The van der Waals surface area contributed by atoms with Gasteiger partial charge in [-0.1, -0.05) is 31.2 Å². The quantitative estimate of drug-likeness (QED) is 0.891. The first kappa shape index (κ1) is 14.9. The maximum atomic E-state index is 12.7. The van der Waals surface area contributed by atoms with E-state index in [0.717, 1.165) is 6.42 Å². The molecule has 1 N–H and O–H groups in total. The van der Waals surface area contributed by atoms with Gasteiger partial charge in [0.15, 0.2) is 0 Å². The Morgan fingerprint density at radius 3 is 2.44 bits per heavy atom. The van der Waals surface area contributed by atoms with E-state index in [0.29, 0.717) is 4.90 Å². The third-order valence-corrected chi connectivity index (χ3v) is 4.97. The Morgan fingerprint density at radius 2 is 2.00 bits per heavy atom. The molecule has 3 nitrogen and oxygen atoms in total. The number of hydrogen-bond donors (Lipinski definition) is 1. The van der Waals surface area contributed by atoms with Crippen LogP contribution in [-0.2, 0) is 9.73 Å². The molecule has 4 heteroatoms. The topological polar surface area (TPSA) is 49.7 Å². The van der Waals surface area contributed by atoms with Crippen molar-refractivity contribution >= 4 is 9.73 Å². The van der Waals surface area contributed by atoms with Crippen LogP contribution < -0.4 is 0 Å². The van der Waals surface area contributed by atoms with Gasteiger partial charge in [0.25, 0.3) is 0 Å². The molecule has 3 atom stereocenters. The van der Waals surface area contributed by atoms with E-state index in [1.807, 2.05) is 43.3 Å². The molecule has 0 heterocycles. The first-order chi connectivity index (χ1) is 8.53. The fraction of sp³-hybridized carbons (Fsp3) is 0.429.